The van der Waals surface area contributed by atoms with Crippen LogP contribution < -0.4 is 11.2 Å². The third-order valence-electron chi connectivity index (χ3n) is 5.23. The van der Waals surface area contributed by atoms with Gasteiger partial charge < -0.3 is 9.72 Å². The summed E-state index contributed by atoms with van der Waals surface area (Å²) in [7, 11) is 1.49. The lowest BCUT2D eigenvalue weighted by Gasteiger charge is -2.10. The maximum absolute atomic E-state index is 12.9. The van der Waals surface area contributed by atoms with Gasteiger partial charge in [-0.25, -0.2) is 4.79 Å². The average Bonchev–Trinajstić information content (AvgIpc) is 3.42. The molecule has 1 aromatic carbocycles. The first-order valence-corrected chi connectivity index (χ1v) is 10.9. The van der Waals surface area contributed by atoms with Crippen molar-refractivity contribution in [1.29, 1.82) is 0 Å². The zero-order valence-corrected chi connectivity index (χ0v) is 19.2. The van der Waals surface area contributed by atoms with E-state index in [-0.39, 0.29) is 49.1 Å². The highest BCUT2D eigenvalue weighted by atomic mass is 35.5. The van der Waals surface area contributed by atoms with Crippen LogP contribution in [0.1, 0.15) is 23.4 Å². The van der Waals surface area contributed by atoms with Crippen molar-refractivity contribution in [2.24, 2.45) is 0 Å². The van der Waals surface area contributed by atoms with Gasteiger partial charge in [-0.05, 0) is 40.9 Å². The quantitative estimate of drug-likeness (QED) is 0.339. The number of imidazole rings is 1. The topological polar surface area (TPSA) is 126 Å². The molecule has 3 aromatic heterocycles. The van der Waals surface area contributed by atoms with Gasteiger partial charge in [0.2, 0.25) is 5.28 Å². The summed E-state index contributed by atoms with van der Waals surface area (Å²) in [5.74, 6) is 0.331. The molecule has 35 heavy (non-hydrogen) atoms. The number of halogens is 4. The Morgan fingerprint density at radius 1 is 1.09 bits per heavy atom. The second kappa shape index (κ2) is 10.00. The first kappa shape index (κ1) is 24.6. The van der Waals surface area contributed by atoms with Crippen LogP contribution in [-0.4, -0.2) is 53.0 Å². The Balaban J connectivity index is 1.44. The van der Waals surface area contributed by atoms with E-state index in [1.807, 2.05) is 0 Å². The summed E-state index contributed by atoms with van der Waals surface area (Å²) < 4.78 is 45.5. The number of ether oxygens (including phenoxy) is 1. The SMILES string of the molecule is COCCn1c(=O)n(CCCn2nnc(Cc3ccc(C(F)(F)F)cc3)n2)c(=O)c2[nH]c(Cl)nc21. The number of aromatic nitrogens is 8. The highest BCUT2D eigenvalue weighted by Gasteiger charge is 2.30. The van der Waals surface area contributed by atoms with E-state index in [1.165, 1.54) is 28.6 Å². The second-order valence-corrected chi connectivity index (χ2v) is 7.99. The molecule has 0 aliphatic heterocycles. The molecule has 0 aliphatic rings. The molecule has 0 fully saturated rings. The Hall–Kier alpha value is -3.52. The van der Waals surface area contributed by atoms with Gasteiger partial charge in [0.25, 0.3) is 5.56 Å². The smallest absolute Gasteiger partial charge is 0.383 e. The van der Waals surface area contributed by atoms with Gasteiger partial charge in [-0.2, -0.15) is 23.0 Å². The predicted octanol–water partition coefficient (Wildman–Crippen LogP) is 1.87. The van der Waals surface area contributed by atoms with E-state index >= 15 is 0 Å². The fourth-order valence-corrected chi connectivity index (χ4v) is 3.70. The summed E-state index contributed by atoms with van der Waals surface area (Å²) in [6.45, 7) is 0.756. The number of tetrazole rings is 1. The van der Waals surface area contributed by atoms with Crippen molar-refractivity contribution in [3.8, 4) is 0 Å². The van der Waals surface area contributed by atoms with E-state index in [0.717, 1.165) is 16.7 Å². The van der Waals surface area contributed by atoms with Gasteiger partial charge in [0, 0.05) is 20.1 Å². The molecule has 0 unspecified atom stereocenters. The Bertz CT molecular complexity index is 1440. The molecular weight excluding hydrogens is 493 g/mol. The van der Waals surface area contributed by atoms with E-state index in [4.69, 9.17) is 16.3 Å². The minimum absolute atomic E-state index is 0.00666. The number of nitrogens with zero attached hydrogens (tertiary/aromatic N) is 7. The van der Waals surface area contributed by atoms with Crippen molar-refractivity contribution >= 4 is 22.8 Å². The van der Waals surface area contributed by atoms with Gasteiger partial charge >= 0.3 is 11.9 Å². The first-order valence-electron chi connectivity index (χ1n) is 10.5. The van der Waals surface area contributed by atoms with Crippen molar-refractivity contribution in [3.63, 3.8) is 0 Å². The summed E-state index contributed by atoms with van der Waals surface area (Å²) >= 11 is 5.90. The number of alkyl halides is 3. The number of benzene rings is 1. The minimum Gasteiger partial charge on any atom is -0.383 e. The molecule has 11 nitrogen and oxygen atoms in total. The van der Waals surface area contributed by atoms with Crippen molar-refractivity contribution < 1.29 is 17.9 Å². The van der Waals surface area contributed by atoms with Crippen molar-refractivity contribution in [2.45, 2.75) is 38.7 Å². The van der Waals surface area contributed by atoms with Crippen LogP contribution in [0.3, 0.4) is 0 Å². The number of aromatic amines is 1. The molecule has 186 valence electrons. The van der Waals surface area contributed by atoms with Gasteiger partial charge in [-0.15, -0.1) is 10.2 Å². The fraction of sp³-hybridized carbons (Fsp3) is 0.400. The molecule has 0 bridgehead atoms. The average molecular weight is 513 g/mol. The number of H-pyrrole nitrogens is 1. The molecule has 4 rings (SSSR count). The highest BCUT2D eigenvalue weighted by Crippen LogP contribution is 2.29. The Morgan fingerprint density at radius 2 is 1.83 bits per heavy atom. The summed E-state index contributed by atoms with van der Waals surface area (Å²) in [5.41, 5.74) is -0.949. The maximum atomic E-state index is 12.9. The van der Waals surface area contributed by atoms with Gasteiger partial charge in [0.15, 0.2) is 17.0 Å². The Morgan fingerprint density at radius 3 is 2.51 bits per heavy atom. The molecule has 0 aliphatic carbocycles. The number of fused-ring (bicyclic) bond motifs is 1. The molecule has 0 atom stereocenters. The van der Waals surface area contributed by atoms with Crippen LogP contribution >= 0.6 is 11.6 Å². The van der Waals surface area contributed by atoms with Gasteiger partial charge in [0.05, 0.1) is 25.3 Å². The summed E-state index contributed by atoms with van der Waals surface area (Å²) in [6.07, 6.45) is -3.86. The molecular formula is C20H20ClF3N8O3. The number of nitrogens with one attached hydrogen (secondary N) is 1. The minimum atomic E-state index is -4.40. The van der Waals surface area contributed by atoms with Crippen LogP contribution in [0.25, 0.3) is 11.2 Å². The molecule has 0 saturated heterocycles. The van der Waals surface area contributed by atoms with E-state index in [9.17, 15) is 22.8 Å². The van der Waals surface area contributed by atoms with E-state index in [2.05, 4.69) is 25.4 Å². The number of aryl methyl sites for hydroxylation is 1. The molecule has 1 N–H and O–H groups in total. The van der Waals surface area contributed by atoms with Gasteiger partial charge in [-0.1, -0.05) is 12.1 Å². The molecule has 3 heterocycles. The van der Waals surface area contributed by atoms with Gasteiger partial charge in [0.1, 0.15) is 0 Å². The molecule has 4 aromatic rings. The largest absolute Gasteiger partial charge is 0.416 e. The van der Waals surface area contributed by atoms with E-state index in [1.54, 1.807) is 0 Å². The highest BCUT2D eigenvalue weighted by molar-refractivity contribution is 6.28. The summed E-state index contributed by atoms with van der Waals surface area (Å²) in [5, 5.41) is 12.1. The van der Waals surface area contributed by atoms with Crippen molar-refractivity contribution in [2.75, 3.05) is 13.7 Å². The first-order chi connectivity index (χ1) is 16.7. The second-order valence-electron chi connectivity index (χ2n) is 7.64. The lowest BCUT2D eigenvalue weighted by Crippen LogP contribution is -2.41. The summed E-state index contributed by atoms with van der Waals surface area (Å²) in [6, 6.07) is 4.73. The van der Waals surface area contributed by atoms with Crippen LogP contribution in [0.2, 0.25) is 5.28 Å². The van der Waals surface area contributed by atoms with Crippen LogP contribution in [0.15, 0.2) is 33.9 Å². The predicted molar refractivity (Wildman–Crippen MR) is 118 cm³/mol. The molecule has 0 radical (unpaired) electrons. The number of hydrogen-bond acceptors (Lipinski definition) is 7. The normalized spacial score (nSPS) is 12.0. The lowest BCUT2D eigenvalue weighted by molar-refractivity contribution is -0.137. The third-order valence-corrected chi connectivity index (χ3v) is 5.41. The van der Waals surface area contributed by atoms with Crippen LogP contribution in [0.4, 0.5) is 13.2 Å². The van der Waals surface area contributed by atoms with Crippen LogP contribution in [0.5, 0.6) is 0 Å². The molecule has 15 heteroatoms. The summed E-state index contributed by atoms with van der Waals surface area (Å²) in [4.78, 5) is 33.7. The zero-order chi connectivity index (χ0) is 25.2. The molecule has 0 amide bonds. The van der Waals surface area contributed by atoms with Crippen LogP contribution in [0, 0.1) is 0 Å². The Labute approximate surface area is 200 Å². The zero-order valence-electron chi connectivity index (χ0n) is 18.4. The lowest BCUT2D eigenvalue weighted by atomic mass is 10.1. The monoisotopic (exact) mass is 512 g/mol. The molecule has 0 saturated carbocycles. The van der Waals surface area contributed by atoms with Crippen LogP contribution in [-0.2, 0) is 37.0 Å². The fourth-order valence-electron chi connectivity index (χ4n) is 3.53. The van der Waals surface area contributed by atoms with E-state index in [0.29, 0.717) is 17.8 Å². The standard InChI is InChI=1S/C20H20ClF3N8O3/c1-35-10-9-30-16-15(25-18(21)26-16)17(33)31(19(30)34)7-2-8-32-28-14(27-29-32)11-12-3-5-13(6-4-12)20(22,23)24/h3-6H,2,7-11H2,1H3,(H,25,26). The van der Waals surface area contributed by atoms with Crippen molar-refractivity contribution in [3.05, 3.63) is 67.3 Å². The molecule has 0 spiro atoms. The number of hydrogen-bond donors (Lipinski definition) is 1. The Kier molecular flexibility index (Phi) is 7.03. The number of methoxy groups -OCH3 is 1. The maximum Gasteiger partial charge on any atom is 0.416 e. The van der Waals surface area contributed by atoms with Gasteiger partial charge in [-0.3, -0.25) is 13.9 Å². The third kappa shape index (κ3) is 5.43. The van der Waals surface area contributed by atoms with Crippen molar-refractivity contribution in [1.82, 2.24) is 39.3 Å². The van der Waals surface area contributed by atoms with E-state index < -0.39 is 23.0 Å². The number of rotatable bonds is 9.